The molecule has 0 unspecified atom stereocenters. The standard InChI is InChI=1S/C58H45N5Si/c1-58(2)49-31-19-35-59-57(49)63(55-38-48-47-30-13-15-33-52(47)62(54(48)39-50(55)58)41-21-7-4-8-22-41)42-23-18-29-46(37-42)64(43-24-9-5-10-25-43,44-26-11-6-12-27-44)45-28-17-20-40(36-45)56-60-51-32-14-16-34-53(51)61(56)3/h4-39H,1-3H3. The van der Waals surface area contributed by atoms with Gasteiger partial charge in [-0.15, -0.1) is 0 Å². The molecule has 6 heteroatoms. The number of rotatable bonds is 7. The predicted molar refractivity (Wildman–Crippen MR) is 269 cm³/mol. The van der Waals surface area contributed by atoms with Crippen LogP contribution in [0.5, 0.6) is 0 Å². The Bertz CT molecular complexity index is 3510. The molecule has 0 radical (unpaired) electrons. The van der Waals surface area contributed by atoms with Crippen LogP contribution in [0.2, 0.25) is 0 Å². The molecule has 64 heavy (non-hydrogen) atoms. The van der Waals surface area contributed by atoms with Crippen molar-refractivity contribution < 1.29 is 0 Å². The Hall–Kier alpha value is -7.80. The molecule has 11 aromatic rings. The van der Waals surface area contributed by atoms with Crippen LogP contribution in [0.25, 0.3) is 49.9 Å². The summed E-state index contributed by atoms with van der Waals surface area (Å²) in [5.74, 6) is 1.91. The molecule has 0 atom stereocenters. The molecule has 0 spiro atoms. The maximum absolute atomic E-state index is 5.23. The van der Waals surface area contributed by atoms with Crippen LogP contribution in [0.1, 0.15) is 25.0 Å². The number of fused-ring (bicyclic) bond motifs is 6. The monoisotopic (exact) mass is 839 g/mol. The Morgan fingerprint density at radius 2 is 1.08 bits per heavy atom. The lowest BCUT2D eigenvalue weighted by Gasteiger charge is -2.41. The molecule has 4 heterocycles. The van der Waals surface area contributed by atoms with Crippen LogP contribution in [-0.4, -0.2) is 27.2 Å². The minimum atomic E-state index is -3.03. The van der Waals surface area contributed by atoms with Gasteiger partial charge >= 0.3 is 0 Å². The fourth-order valence-electron chi connectivity index (χ4n) is 10.7. The molecule has 3 aromatic heterocycles. The fraction of sp³-hybridized carbons (Fsp3) is 0.0690. The summed E-state index contributed by atoms with van der Waals surface area (Å²) in [6.45, 7) is 4.70. The third-order valence-electron chi connectivity index (χ3n) is 13.7. The molecule has 8 aromatic carbocycles. The van der Waals surface area contributed by atoms with E-state index in [9.17, 15) is 0 Å². The molecule has 0 amide bonds. The second kappa shape index (κ2) is 14.7. The molecule has 0 aliphatic carbocycles. The number of hydrogen-bond donors (Lipinski definition) is 0. The van der Waals surface area contributed by atoms with E-state index >= 15 is 0 Å². The predicted octanol–water partition coefficient (Wildman–Crippen LogP) is 11.2. The van der Waals surface area contributed by atoms with E-state index in [2.05, 4.69) is 247 Å². The summed E-state index contributed by atoms with van der Waals surface area (Å²) >= 11 is 0. The minimum Gasteiger partial charge on any atom is -0.327 e. The maximum Gasteiger partial charge on any atom is 0.179 e. The van der Waals surface area contributed by atoms with Gasteiger partial charge in [0.2, 0.25) is 0 Å². The van der Waals surface area contributed by atoms with Crippen LogP contribution in [0.15, 0.2) is 219 Å². The zero-order valence-corrected chi connectivity index (χ0v) is 37.0. The molecule has 0 N–H and O–H groups in total. The van der Waals surface area contributed by atoms with Crippen LogP contribution in [0.4, 0.5) is 17.2 Å². The van der Waals surface area contributed by atoms with Gasteiger partial charge in [-0.05, 0) is 87.0 Å². The van der Waals surface area contributed by atoms with Gasteiger partial charge in [0, 0.05) is 51.9 Å². The Balaban J connectivity index is 1.13. The van der Waals surface area contributed by atoms with E-state index in [1.54, 1.807) is 0 Å². The second-order valence-electron chi connectivity index (χ2n) is 17.5. The van der Waals surface area contributed by atoms with E-state index in [1.807, 2.05) is 6.20 Å². The highest BCUT2D eigenvalue weighted by atomic mass is 28.3. The van der Waals surface area contributed by atoms with Crippen LogP contribution in [0, 0.1) is 0 Å². The highest BCUT2D eigenvalue weighted by Gasteiger charge is 2.43. The van der Waals surface area contributed by atoms with Gasteiger partial charge in [0.15, 0.2) is 8.07 Å². The van der Waals surface area contributed by atoms with Crippen LogP contribution in [-0.2, 0) is 12.5 Å². The first-order chi connectivity index (χ1) is 31.4. The first-order valence-corrected chi connectivity index (χ1v) is 24.1. The number of aryl methyl sites for hydroxylation is 1. The lowest BCUT2D eigenvalue weighted by atomic mass is 9.74. The Morgan fingerprint density at radius 1 is 0.469 bits per heavy atom. The Labute approximate surface area is 374 Å². The summed E-state index contributed by atoms with van der Waals surface area (Å²) in [6.07, 6.45) is 1.94. The van der Waals surface area contributed by atoms with E-state index in [1.165, 1.54) is 53.7 Å². The zero-order chi connectivity index (χ0) is 43.0. The molecule has 306 valence electrons. The number of imidazole rings is 1. The molecule has 0 fully saturated rings. The number of aromatic nitrogens is 4. The average Bonchev–Trinajstić information content (AvgIpc) is 3.86. The third kappa shape index (κ3) is 5.62. The van der Waals surface area contributed by atoms with Crippen molar-refractivity contribution >= 4 is 78.9 Å². The Morgan fingerprint density at radius 3 is 1.81 bits per heavy atom. The van der Waals surface area contributed by atoms with Gasteiger partial charge in [-0.2, -0.15) is 0 Å². The zero-order valence-electron chi connectivity index (χ0n) is 36.0. The summed E-state index contributed by atoms with van der Waals surface area (Å²) < 4.78 is 4.64. The van der Waals surface area contributed by atoms with Crippen molar-refractivity contribution in [2.75, 3.05) is 4.90 Å². The molecular formula is C58H45N5Si. The number of hydrogen-bond acceptors (Lipinski definition) is 3. The summed E-state index contributed by atoms with van der Waals surface area (Å²) in [5, 5.41) is 7.65. The largest absolute Gasteiger partial charge is 0.327 e. The van der Waals surface area contributed by atoms with Gasteiger partial charge in [-0.25, -0.2) is 9.97 Å². The van der Waals surface area contributed by atoms with Crippen molar-refractivity contribution in [1.82, 2.24) is 19.1 Å². The topological polar surface area (TPSA) is 38.9 Å². The lowest BCUT2D eigenvalue weighted by Crippen LogP contribution is -2.74. The third-order valence-corrected chi connectivity index (χ3v) is 18.4. The van der Waals surface area contributed by atoms with E-state index in [0.717, 1.165) is 45.3 Å². The number of pyridine rings is 1. The number of nitrogens with zero attached hydrogens (tertiary/aromatic N) is 5. The second-order valence-corrected chi connectivity index (χ2v) is 21.3. The van der Waals surface area contributed by atoms with E-state index in [-0.39, 0.29) is 5.41 Å². The maximum atomic E-state index is 5.23. The summed E-state index contributed by atoms with van der Waals surface area (Å²) in [4.78, 5) is 12.8. The fourth-order valence-corrected chi connectivity index (χ4v) is 15.5. The van der Waals surface area contributed by atoms with Crippen molar-refractivity contribution in [2.45, 2.75) is 19.3 Å². The van der Waals surface area contributed by atoms with Gasteiger partial charge in [0.05, 0.1) is 27.8 Å². The smallest absolute Gasteiger partial charge is 0.179 e. The number of para-hydroxylation sites is 4. The quantitative estimate of drug-likeness (QED) is 0.119. The van der Waals surface area contributed by atoms with Gasteiger partial charge in [0.25, 0.3) is 0 Å². The molecular weight excluding hydrogens is 795 g/mol. The molecule has 1 aliphatic heterocycles. The number of benzene rings is 8. The Kier molecular flexibility index (Phi) is 8.68. The van der Waals surface area contributed by atoms with Crippen molar-refractivity contribution in [3.63, 3.8) is 0 Å². The summed E-state index contributed by atoms with van der Waals surface area (Å²) in [7, 11) is -0.907. The van der Waals surface area contributed by atoms with E-state index in [0.29, 0.717) is 0 Å². The first kappa shape index (κ1) is 37.9. The minimum absolute atomic E-state index is 0.331. The van der Waals surface area contributed by atoms with Crippen LogP contribution >= 0.6 is 0 Å². The van der Waals surface area contributed by atoms with Crippen LogP contribution < -0.4 is 25.6 Å². The van der Waals surface area contributed by atoms with E-state index < -0.39 is 8.07 Å². The summed E-state index contributed by atoms with van der Waals surface area (Å²) in [6, 6.07) is 78.1. The van der Waals surface area contributed by atoms with Crippen molar-refractivity contribution in [1.29, 1.82) is 0 Å². The lowest BCUT2D eigenvalue weighted by molar-refractivity contribution is 0.628. The SMILES string of the molecule is Cn1c(-c2cccc([Si](c3ccccc3)(c3ccccc3)c3cccc(N4c5cc6c7ccccc7n(-c7ccccc7)c6cc5C(C)(C)c5cccnc54)c3)c2)nc2ccccc21. The molecule has 1 aliphatic rings. The van der Waals surface area contributed by atoms with Crippen molar-refractivity contribution in [3.8, 4) is 17.1 Å². The van der Waals surface area contributed by atoms with Crippen molar-refractivity contribution in [3.05, 3.63) is 230 Å². The van der Waals surface area contributed by atoms with E-state index in [4.69, 9.17) is 9.97 Å². The first-order valence-electron chi connectivity index (χ1n) is 22.1. The van der Waals surface area contributed by atoms with Crippen LogP contribution in [0.3, 0.4) is 0 Å². The van der Waals surface area contributed by atoms with Gasteiger partial charge in [-0.3, -0.25) is 4.90 Å². The van der Waals surface area contributed by atoms with Gasteiger partial charge in [0.1, 0.15) is 11.6 Å². The van der Waals surface area contributed by atoms with Gasteiger partial charge < -0.3 is 9.13 Å². The highest BCUT2D eigenvalue weighted by molar-refractivity contribution is 7.20. The highest BCUT2D eigenvalue weighted by Crippen LogP contribution is 2.53. The van der Waals surface area contributed by atoms with Gasteiger partial charge in [-0.1, -0.05) is 166 Å². The summed E-state index contributed by atoms with van der Waals surface area (Å²) in [5.41, 5.74) is 11.1. The number of anilines is 3. The van der Waals surface area contributed by atoms with Crippen molar-refractivity contribution in [2.24, 2.45) is 7.05 Å². The average molecular weight is 840 g/mol. The normalized spacial score (nSPS) is 13.3. The molecule has 0 saturated carbocycles. The molecule has 0 saturated heterocycles. The molecule has 5 nitrogen and oxygen atoms in total. The molecule has 12 rings (SSSR count). The molecule has 0 bridgehead atoms.